The molecule has 0 saturated carbocycles. The molecule has 1 heterocycles. The van der Waals surface area contributed by atoms with Crippen LogP contribution in [0.2, 0.25) is 0 Å². The third kappa shape index (κ3) is 4.86. The summed E-state index contributed by atoms with van der Waals surface area (Å²) in [5.41, 5.74) is 6.02. The van der Waals surface area contributed by atoms with Gasteiger partial charge in [-0.1, -0.05) is 29.8 Å². The molecule has 3 rings (SSSR count). The normalized spacial score (nSPS) is 11.9. The molecule has 0 bridgehead atoms. The van der Waals surface area contributed by atoms with Crippen LogP contribution in [0.15, 0.2) is 48.7 Å². The number of aryl methyl sites for hydroxylation is 3. The Bertz CT molecular complexity index is 1010. The highest BCUT2D eigenvalue weighted by Gasteiger charge is 2.16. The lowest BCUT2D eigenvalue weighted by Gasteiger charge is -2.15. The predicted molar refractivity (Wildman–Crippen MR) is 115 cm³/mol. The number of aromatic nitrogens is 2. The van der Waals surface area contributed by atoms with Gasteiger partial charge in [-0.05, 0) is 63.9 Å². The molecule has 1 amide bonds. The molecule has 0 spiro atoms. The molecule has 5 nitrogen and oxygen atoms in total. The van der Waals surface area contributed by atoms with Crippen LogP contribution >= 0.6 is 0 Å². The van der Waals surface area contributed by atoms with Crippen LogP contribution in [0.3, 0.4) is 0 Å². The summed E-state index contributed by atoms with van der Waals surface area (Å²) in [5, 5.41) is 7.44. The van der Waals surface area contributed by atoms with E-state index in [-0.39, 0.29) is 11.9 Å². The molecule has 0 aliphatic rings. The number of rotatable bonds is 7. The first-order valence-corrected chi connectivity index (χ1v) is 10.0. The van der Waals surface area contributed by atoms with Crippen molar-refractivity contribution >= 4 is 5.91 Å². The fraction of sp³-hybridized carbons (Fsp3) is 0.333. The second kappa shape index (κ2) is 8.95. The van der Waals surface area contributed by atoms with E-state index in [1.54, 1.807) is 0 Å². The second-order valence-electron chi connectivity index (χ2n) is 7.45. The quantitative estimate of drug-likeness (QED) is 0.623. The highest BCUT2D eigenvalue weighted by Crippen LogP contribution is 2.21. The summed E-state index contributed by atoms with van der Waals surface area (Å²) in [7, 11) is 0. The molecule has 0 fully saturated rings. The molecule has 2 aromatic carbocycles. The highest BCUT2D eigenvalue weighted by atomic mass is 16.5. The van der Waals surface area contributed by atoms with Gasteiger partial charge >= 0.3 is 0 Å². The van der Waals surface area contributed by atoms with E-state index in [0.717, 1.165) is 34.7 Å². The minimum Gasteiger partial charge on any atom is -0.489 e. The van der Waals surface area contributed by atoms with Crippen LogP contribution in [0.25, 0.3) is 0 Å². The molecule has 0 aliphatic carbocycles. The number of benzene rings is 2. The van der Waals surface area contributed by atoms with Gasteiger partial charge < -0.3 is 10.1 Å². The number of nitrogens with zero attached hydrogens (tertiary/aromatic N) is 2. The van der Waals surface area contributed by atoms with Crippen LogP contribution < -0.4 is 10.1 Å². The molecule has 29 heavy (non-hydrogen) atoms. The summed E-state index contributed by atoms with van der Waals surface area (Å²) < 4.78 is 7.88. The van der Waals surface area contributed by atoms with E-state index in [1.807, 2.05) is 68.0 Å². The molecule has 152 valence electrons. The van der Waals surface area contributed by atoms with Crippen LogP contribution in [0.1, 0.15) is 58.2 Å². The van der Waals surface area contributed by atoms with Crippen molar-refractivity contribution in [2.24, 2.45) is 0 Å². The van der Waals surface area contributed by atoms with Gasteiger partial charge in [-0.3, -0.25) is 9.48 Å². The Hall–Kier alpha value is -3.08. The van der Waals surface area contributed by atoms with Crippen molar-refractivity contribution in [2.45, 2.75) is 53.8 Å². The third-order valence-electron chi connectivity index (χ3n) is 5.17. The van der Waals surface area contributed by atoms with Crippen molar-refractivity contribution in [1.82, 2.24) is 15.1 Å². The van der Waals surface area contributed by atoms with Crippen molar-refractivity contribution in [2.75, 3.05) is 0 Å². The zero-order chi connectivity index (χ0) is 21.0. The number of hydrogen-bond acceptors (Lipinski definition) is 3. The van der Waals surface area contributed by atoms with Gasteiger partial charge in [-0.2, -0.15) is 5.10 Å². The van der Waals surface area contributed by atoms with Crippen molar-refractivity contribution in [3.8, 4) is 5.75 Å². The minimum absolute atomic E-state index is 0.102. The van der Waals surface area contributed by atoms with E-state index in [9.17, 15) is 4.79 Å². The Labute approximate surface area is 172 Å². The van der Waals surface area contributed by atoms with E-state index in [4.69, 9.17) is 4.74 Å². The fourth-order valence-electron chi connectivity index (χ4n) is 3.49. The summed E-state index contributed by atoms with van der Waals surface area (Å²) in [6.45, 7) is 11.4. The summed E-state index contributed by atoms with van der Waals surface area (Å²) >= 11 is 0. The van der Waals surface area contributed by atoms with Crippen LogP contribution in [-0.2, 0) is 13.2 Å². The number of carbonyl (C=O) groups excluding carboxylic acids is 1. The third-order valence-corrected chi connectivity index (χ3v) is 5.17. The molecule has 1 atom stereocenters. The van der Waals surface area contributed by atoms with Gasteiger partial charge in [-0.25, -0.2) is 0 Å². The Morgan fingerprint density at radius 1 is 1.17 bits per heavy atom. The Morgan fingerprint density at radius 3 is 2.66 bits per heavy atom. The van der Waals surface area contributed by atoms with Crippen molar-refractivity contribution < 1.29 is 9.53 Å². The van der Waals surface area contributed by atoms with Gasteiger partial charge in [0, 0.05) is 23.4 Å². The summed E-state index contributed by atoms with van der Waals surface area (Å²) in [5.74, 6) is 0.761. The van der Waals surface area contributed by atoms with Gasteiger partial charge in [0.2, 0.25) is 0 Å². The molecule has 0 aliphatic heterocycles. The molecule has 5 heteroatoms. The lowest BCUT2D eigenvalue weighted by molar-refractivity contribution is 0.0939. The first-order chi connectivity index (χ1) is 13.9. The number of hydrogen-bond donors (Lipinski definition) is 1. The molecule has 1 unspecified atom stereocenters. The standard InChI is InChI=1S/C24H29N3O2/c1-6-27-19(5)22(14-25-27)18(4)26-24(28)21-9-7-8-20(13-21)15-29-23-11-10-16(2)12-17(23)3/h7-14,18H,6,15H2,1-5H3,(H,26,28). The lowest BCUT2D eigenvalue weighted by Crippen LogP contribution is -2.27. The zero-order valence-electron chi connectivity index (χ0n) is 17.8. The zero-order valence-corrected chi connectivity index (χ0v) is 17.8. The van der Waals surface area contributed by atoms with Gasteiger partial charge in [0.15, 0.2) is 0 Å². The van der Waals surface area contributed by atoms with Crippen LogP contribution in [0.4, 0.5) is 0 Å². The van der Waals surface area contributed by atoms with Gasteiger partial charge in [0.25, 0.3) is 5.91 Å². The average Bonchev–Trinajstić information content (AvgIpc) is 3.08. The number of amides is 1. The molecule has 0 radical (unpaired) electrons. The number of carbonyl (C=O) groups is 1. The molecular weight excluding hydrogens is 362 g/mol. The van der Waals surface area contributed by atoms with Gasteiger partial charge in [0.1, 0.15) is 12.4 Å². The maximum absolute atomic E-state index is 12.8. The highest BCUT2D eigenvalue weighted by molar-refractivity contribution is 5.94. The molecule has 0 saturated heterocycles. The summed E-state index contributed by atoms with van der Waals surface area (Å²) in [6.07, 6.45) is 1.83. The topological polar surface area (TPSA) is 56.2 Å². The summed E-state index contributed by atoms with van der Waals surface area (Å²) in [6, 6.07) is 13.6. The molecular formula is C24H29N3O2. The fourth-order valence-corrected chi connectivity index (χ4v) is 3.49. The van der Waals surface area contributed by atoms with Crippen LogP contribution in [-0.4, -0.2) is 15.7 Å². The van der Waals surface area contributed by atoms with E-state index >= 15 is 0 Å². The maximum Gasteiger partial charge on any atom is 0.251 e. The largest absolute Gasteiger partial charge is 0.489 e. The Kier molecular flexibility index (Phi) is 6.37. The van der Waals surface area contributed by atoms with Gasteiger partial charge in [0.05, 0.1) is 12.2 Å². The number of nitrogens with one attached hydrogen (secondary N) is 1. The first-order valence-electron chi connectivity index (χ1n) is 10.0. The van der Waals surface area contributed by atoms with Crippen molar-refractivity contribution in [3.63, 3.8) is 0 Å². The van der Waals surface area contributed by atoms with Crippen molar-refractivity contribution in [3.05, 3.63) is 82.2 Å². The predicted octanol–water partition coefficient (Wildman–Crippen LogP) is 4.90. The smallest absolute Gasteiger partial charge is 0.251 e. The monoisotopic (exact) mass is 391 g/mol. The van der Waals surface area contributed by atoms with E-state index in [1.165, 1.54) is 5.56 Å². The average molecular weight is 392 g/mol. The van der Waals surface area contributed by atoms with Crippen LogP contribution in [0.5, 0.6) is 5.75 Å². The lowest BCUT2D eigenvalue weighted by atomic mass is 10.1. The maximum atomic E-state index is 12.8. The van der Waals surface area contributed by atoms with E-state index in [2.05, 4.69) is 30.3 Å². The van der Waals surface area contributed by atoms with E-state index < -0.39 is 0 Å². The second-order valence-corrected chi connectivity index (χ2v) is 7.45. The minimum atomic E-state index is -0.113. The summed E-state index contributed by atoms with van der Waals surface area (Å²) in [4.78, 5) is 12.8. The van der Waals surface area contributed by atoms with Crippen LogP contribution in [0, 0.1) is 20.8 Å². The Morgan fingerprint density at radius 2 is 1.97 bits per heavy atom. The molecule has 1 aromatic heterocycles. The van der Waals surface area contributed by atoms with Crippen molar-refractivity contribution in [1.29, 1.82) is 0 Å². The SMILES string of the molecule is CCn1ncc(C(C)NC(=O)c2cccc(COc3ccc(C)cc3C)c2)c1C. The number of ether oxygens (including phenoxy) is 1. The van der Waals surface area contributed by atoms with E-state index in [0.29, 0.717) is 12.2 Å². The first kappa shape index (κ1) is 20.6. The van der Waals surface area contributed by atoms with Gasteiger partial charge in [-0.15, -0.1) is 0 Å². The molecule has 1 N–H and O–H groups in total. The Balaban J connectivity index is 1.66. The molecule has 3 aromatic rings.